The molecule has 0 radical (unpaired) electrons. The predicted octanol–water partition coefficient (Wildman–Crippen LogP) is 3.62. The number of esters is 1. The molecule has 3 rings (SSSR count). The highest BCUT2D eigenvalue weighted by Gasteiger charge is 2.25. The third-order valence-electron chi connectivity index (χ3n) is 5.06. The van der Waals surface area contributed by atoms with Crippen molar-refractivity contribution in [3.8, 4) is 0 Å². The zero-order chi connectivity index (χ0) is 20.3. The summed E-state index contributed by atoms with van der Waals surface area (Å²) in [6, 6.07) is 8.03. The molecular formula is C21H26ClN3O3. The molecule has 6 nitrogen and oxygen atoms in total. The number of aromatic nitrogens is 2. The van der Waals surface area contributed by atoms with E-state index >= 15 is 0 Å². The van der Waals surface area contributed by atoms with Gasteiger partial charge in [-0.05, 0) is 38.2 Å². The quantitative estimate of drug-likeness (QED) is 0.715. The smallest absolute Gasteiger partial charge is 0.343 e. The number of carbonyl (C=O) groups excluding carboxylic acids is 2. The molecule has 1 saturated heterocycles. The molecule has 1 fully saturated rings. The highest BCUT2D eigenvalue weighted by Crippen LogP contribution is 2.22. The van der Waals surface area contributed by atoms with Gasteiger partial charge in [0.15, 0.2) is 6.61 Å². The predicted molar refractivity (Wildman–Crippen MR) is 108 cm³/mol. The van der Waals surface area contributed by atoms with Crippen molar-refractivity contribution in [1.82, 2.24) is 14.7 Å². The summed E-state index contributed by atoms with van der Waals surface area (Å²) in [5, 5.41) is 4.59. The van der Waals surface area contributed by atoms with Crippen molar-refractivity contribution in [3.63, 3.8) is 0 Å². The fourth-order valence-corrected chi connectivity index (χ4v) is 3.77. The summed E-state index contributed by atoms with van der Waals surface area (Å²) < 4.78 is 6.83. The van der Waals surface area contributed by atoms with Gasteiger partial charge in [0.1, 0.15) is 10.7 Å². The topological polar surface area (TPSA) is 64.4 Å². The number of likely N-dealkylation sites (tertiary alicyclic amines) is 1. The van der Waals surface area contributed by atoms with Gasteiger partial charge in [0, 0.05) is 13.1 Å². The van der Waals surface area contributed by atoms with Crippen LogP contribution in [0.1, 0.15) is 46.9 Å². The molecular weight excluding hydrogens is 378 g/mol. The molecule has 1 aromatic heterocycles. The Morgan fingerprint density at radius 1 is 1.25 bits per heavy atom. The lowest BCUT2D eigenvalue weighted by molar-refractivity contribution is -0.136. The summed E-state index contributed by atoms with van der Waals surface area (Å²) in [6.07, 6.45) is 2.11. The Morgan fingerprint density at radius 3 is 2.64 bits per heavy atom. The van der Waals surface area contributed by atoms with Crippen LogP contribution in [0.4, 0.5) is 0 Å². The molecule has 0 aliphatic carbocycles. The zero-order valence-electron chi connectivity index (χ0n) is 16.6. The molecule has 2 aromatic rings. The maximum absolute atomic E-state index is 12.5. The van der Waals surface area contributed by atoms with Crippen molar-refractivity contribution in [2.24, 2.45) is 5.92 Å². The average Bonchev–Trinajstić information content (AvgIpc) is 2.94. The molecule has 0 bridgehead atoms. The highest BCUT2D eigenvalue weighted by atomic mass is 35.5. The number of rotatable bonds is 5. The van der Waals surface area contributed by atoms with Gasteiger partial charge < -0.3 is 9.64 Å². The number of ether oxygens (including phenoxy) is 1. The van der Waals surface area contributed by atoms with Crippen LogP contribution in [-0.2, 0) is 16.1 Å². The molecule has 0 saturated carbocycles. The normalized spacial score (nSPS) is 16.9. The Bertz CT molecular complexity index is 861. The van der Waals surface area contributed by atoms with E-state index in [4.69, 9.17) is 16.3 Å². The van der Waals surface area contributed by atoms with Gasteiger partial charge in [0.05, 0.1) is 12.2 Å². The van der Waals surface area contributed by atoms with Gasteiger partial charge in [0.2, 0.25) is 0 Å². The minimum atomic E-state index is -0.615. The van der Waals surface area contributed by atoms with Crippen molar-refractivity contribution < 1.29 is 14.3 Å². The lowest BCUT2D eigenvalue weighted by atomic mass is 10.0. The molecule has 1 amide bonds. The summed E-state index contributed by atoms with van der Waals surface area (Å²) in [7, 11) is 0. The summed E-state index contributed by atoms with van der Waals surface area (Å²) in [5.74, 6) is -0.304. The lowest BCUT2D eigenvalue weighted by Gasteiger charge is -2.30. The van der Waals surface area contributed by atoms with Gasteiger partial charge in [0.25, 0.3) is 5.91 Å². The summed E-state index contributed by atoms with van der Waals surface area (Å²) >= 11 is 6.39. The third kappa shape index (κ3) is 4.73. The van der Waals surface area contributed by atoms with Crippen LogP contribution < -0.4 is 0 Å². The Labute approximate surface area is 170 Å². The van der Waals surface area contributed by atoms with E-state index in [2.05, 4.69) is 12.0 Å². The first-order chi connectivity index (χ1) is 13.3. The van der Waals surface area contributed by atoms with E-state index in [9.17, 15) is 9.59 Å². The zero-order valence-corrected chi connectivity index (χ0v) is 17.3. The van der Waals surface area contributed by atoms with Gasteiger partial charge in [-0.1, -0.05) is 48.4 Å². The van der Waals surface area contributed by atoms with E-state index in [1.165, 1.54) is 5.56 Å². The van der Waals surface area contributed by atoms with E-state index in [0.29, 0.717) is 24.7 Å². The Morgan fingerprint density at radius 2 is 1.96 bits per heavy atom. The van der Waals surface area contributed by atoms with E-state index < -0.39 is 5.97 Å². The summed E-state index contributed by atoms with van der Waals surface area (Å²) in [5.41, 5.74) is 2.91. The van der Waals surface area contributed by atoms with E-state index in [-0.39, 0.29) is 23.2 Å². The number of nitrogens with zero attached hydrogens (tertiary/aromatic N) is 3. The minimum Gasteiger partial charge on any atom is -0.452 e. The van der Waals surface area contributed by atoms with Crippen LogP contribution >= 0.6 is 11.6 Å². The Balaban J connectivity index is 1.64. The summed E-state index contributed by atoms with van der Waals surface area (Å²) in [4.78, 5) is 26.6. The number of carbonyl (C=O) groups is 2. The number of hydrogen-bond acceptors (Lipinski definition) is 4. The first-order valence-electron chi connectivity index (χ1n) is 9.58. The number of benzene rings is 1. The van der Waals surface area contributed by atoms with Gasteiger partial charge in [-0.3, -0.25) is 4.79 Å². The van der Waals surface area contributed by atoms with E-state index in [1.54, 1.807) is 16.5 Å². The second-order valence-corrected chi connectivity index (χ2v) is 7.92. The van der Waals surface area contributed by atoms with Crippen molar-refractivity contribution in [2.75, 3.05) is 19.7 Å². The Hall–Kier alpha value is -2.34. The number of amides is 1. The van der Waals surface area contributed by atoms with E-state index in [0.717, 1.165) is 24.9 Å². The second kappa shape index (κ2) is 8.78. The van der Waals surface area contributed by atoms with Crippen LogP contribution in [0.3, 0.4) is 0 Å². The second-order valence-electron chi connectivity index (χ2n) is 7.56. The molecule has 28 heavy (non-hydrogen) atoms. The fourth-order valence-electron chi connectivity index (χ4n) is 3.46. The maximum atomic E-state index is 12.5. The first-order valence-corrected chi connectivity index (χ1v) is 9.96. The number of aryl methyl sites for hydroxylation is 2. The molecule has 1 atom stereocenters. The van der Waals surface area contributed by atoms with Crippen molar-refractivity contribution in [2.45, 2.75) is 40.2 Å². The van der Waals surface area contributed by atoms with Crippen LogP contribution in [-0.4, -0.2) is 46.3 Å². The van der Waals surface area contributed by atoms with Crippen LogP contribution in [0.2, 0.25) is 5.15 Å². The number of piperidine rings is 1. The average molecular weight is 404 g/mol. The number of hydrogen-bond donors (Lipinski definition) is 0. The molecule has 1 aliphatic rings. The summed E-state index contributed by atoms with van der Waals surface area (Å²) in [6.45, 7) is 7.47. The molecule has 1 aliphatic heterocycles. The largest absolute Gasteiger partial charge is 0.452 e. The molecule has 1 aromatic carbocycles. The van der Waals surface area contributed by atoms with Crippen LogP contribution in [0.25, 0.3) is 0 Å². The molecule has 150 valence electrons. The van der Waals surface area contributed by atoms with Crippen LogP contribution in [0.15, 0.2) is 24.3 Å². The van der Waals surface area contributed by atoms with Crippen molar-refractivity contribution in [1.29, 1.82) is 0 Å². The molecule has 0 N–H and O–H groups in total. The molecule has 0 spiro atoms. The van der Waals surface area contributed by atoms with E-state index in [1.807, 2.05) is 31.2 Å². The first kappa shape index (κ1) is 20.4. The van der Waals surface area contributed by atoms with Gasteiger partial charge in [-0.2, -0.15) is 5.10 Å². The molecule has 2 heterocycles. The van der Waals surface area contributed by atoms with Crippen LogP contribution in [0.5, 0.6) is 0 Å². The highest BCUT2D eigenvalue weighted by molar-refractivity contribution is 6.32. The third-order valence-corrected chi connectivity index (χ3v) is 5.44. The van der Waals surface area contributed by atoms with Crippen molar-refractivity contribution >= 4 is 23.5 Å². The lowest BCUT2D eigenvalue weighted by Crippen LogP contribution is -2.41. The molecule has 7 heteroatoms. The number of halogens is 1. The Kier molecular flexibility index (Phi) is 6.39. The fraction of sp³-hybridized carbons (Fsp3) is 0.476. The van der Waals surface area contributed by atoms with Gasteiger partial charge in [-0.15, -0.1) is 0 Å². The maximum Gasteiger partial charge on any atom is 0.343 e. The SMILES string of the molecule is Cc1ccc(Cn2nc(C)c(C(=O)OCC(=O)N3CCC[C@@H](C)C3)c2Cl)cc1. The van der Waals surface area contributed by atoms with Gasteiger partial charge >= 0.3 is 5.97 Å². The standard InChI is InChI=1S/C21H26ClN3O3/c1-14-6-8-17(9-7-14)12-25-20(22)19(16(3)23-25)21(27)28-13-18(26)24-10-4-5-15(2)11-24/h6-9,15H,4-5,10-13H2,1-3H3/t15-/m1/s1. The van der Waals surface area contributed by atoms with Crippen LogP contribution in [0, 0.1) is 19.8 Å². The van der Waals surface area contributed by atoms with Crippen molar-refractivity contribution in [3.05, 3.63) is 51.8 Å². The monoisotopic (exact) mass is 403 g/mol. The minimum absolute atomic E-state index is 0.166. The van der Waals surface area contributed by atoms with Gasteiger partial charge in [-0.25, -0.2) is 9.48 Å². The molecule has 0 unspecified atom stereocenters.